The summed E-state index contributed by atoms with van der Waals surface area (Å²) < 4.78 is 5.72. The van der Waals surface area contributed by atoms with E-state index in [9.17, 15) is 4.79 Å². The number of carbonyl (C=O) groups excluding carboxylic acids is 1. The average Bonchev–Trinajstić information content (AvgIpc) is 2.56. The van der Waals surface area contributed by atoms with E-state index in [1.807, 2.05) is 13.0 Å². The smallest absolute Gasteiger partial charge is 0.348 e. The molecule has 2 aromatic rings. The summed E-state index contributed by atoms with van der Waals surface area (Å²) in [5.74, 6) is -0.274. The monoisotopic (exact) mass is 207 g/mol. The Hall–Kier alpha value is -1.42. The molecule has 0 N–H and O–H groups in total. The second-order valence-corrected chi connectivity index (χ2v) is 3.97. The Morgan fingerprint density at radius 1 is 1.57 bits per heavy atom. The highest BCUT2D eigenvalue weighted by molar-refractivity contribution is 7.21. The zero-order valence-electron chi connectivity index (χ0n) is 7.90. The first-order chi connectivity index (χ1) is 6.74. The van der Waals surface area contributed by atoms with Gasteiger partial charge < -0.3 is 4.74 Å². The molecule has 0 aromatic carbocycles. The van der Waals surface area contributed by atoms with Gasteiger partial charge in [-0.2, -0.15) is 0 Å². The van der Waals surface area contributed by atoms with Crippen LogP contribution in [-0.2, 0) is 4.74 Å². The van der Waals surface area contributed by atoms with Crippen LogP contribution in [-0.4, -0.2) is 18.1 Å². The molecule has 0 saturated carbocycles. The van der Waals surface area contributed by atoms with Gasteiger partial charge in [-0.1, -0.05) is 0 Å². The van der Waals surface area contributed by atoms with E-state index in [1.54, 1.807) is 12.4 Å². The van der Waals surface area contributed by atoms with E-state index in [2.05, 4.69) is 4.98 Å². The van der Waals surface area contributed by atoms with Crippen LogP contribution < -0.4 is 0 Å². The Morgan fingerprint density at radius 3 is 3.00 bits per heavy atom. The highest BCUT2D eigenvalue weighted by Crippen LogP contribution is 2.30. The summed E-state index contributed by atoms with van der Waals surface area (Å²) in [6.45, 7) is 1.92. The summed E-state index contributed by atoms with van der Waals surface area (Å²) in [6.07, 6.45) is 3.49. The summed E-state index contributed by atoms with van der Waals surface area (Å²) in [5, 5.41) is 1.07. The van der Waals surface area contributed by atoms with Crippen molar-refractivity contribution < 1.29 is 9.53 Å². The maximum Gasteiger partial charge on any atom is 0.348 e. The number of thiophene rings is 1. The van der Waals surface area contributed by atoms with Gasteiger partial charge in [0.2, 0.25) is 0 Å². The number of hydrogen-bond acceptors (Lipinski definition) is 4. The van der Waals surface area contributed by atoms with Gasteiger partial charge in [0.1, 0.15) is 4.88 Å². The lowest BCUT2D eigenvalue weighted by Crippen LogP contribution is -1.99. The molecule has 72 valence electrons. The Kier molecular flexibility index (Phi) is 2.21. The number of hydrogen-bond donors (Lipinski definition) is 0. The number of ether oxygens (including phenoxy) is 1. The molecule has 0 amide bonds. The molecule has 0 aliphatic rings. The number of fused-ring (bicyclic) bond motifs is 1. The van der Waals surface area contributed by atoms with Crippen molar-refractivity contribution in [3.05, 3.63) is 28.9 Å². The van der Waals surface area contributed by atoms with Crippen molar-refractivity contribution in [2.75, 3.05) is 7.11 Å². The van der Waals surface area contributed by atoms with Crippen molar-refractivity contribution >= 4 is 27.4 Å². The molecule has 2 aromatic heterocycles. The fourth-order valence-electron chi connectivity index (χ4n) is 1.37. The van der Waals surface area contributed by atoms with E-state index < -0.39 is 0 Å². The van der Waals surface area contributed by atoms with Crippen LogP contribution >= 0.6 is 11.3 Å². The highest BCUT2D eigenvalue weighted by Gasteiger charge is 2.15. The van der Waals surface area contributed by atoms with Gasteiger partial charge >= 0.3 is 5.97 Å². The molecule has 0 saturated heterocycles. The zero-order valence-corrected chi connectivity index (χ0v) is 8.72. The van der Waals surface area contributed by atoms with E-state index >= 15 is 0 Å². The third-order valence-electron chi connectivity index (χ3n) is 2.11. The first-order valence-electron chi connectivity index (χ1n) is 4.15. The third kappa shape index (κ3) is 1.28. The second kappa shape index (κ2) is 3.38. The van der Waals surface area contributed by atoms with Crippen LogP contribution in [0.4, 0.5) is 0 Å². The summed E-state index contributed by atoms with van der Waals surface area (Å²) in [7, 11) is 1.39. The third-order valence-corrected chi connectivity index (χ3v) is 3.33. The van der Waals surface area contributed by atoms with Gasteiger partial charge in [-0.05, 0) is 23.9 Å². The number of carbonyl (C=O) groups is 1. The van der Waals surface area contributed by atoms with Crippen molar-refractivity contribution in [2.24, 2.45) is 0 Å². The SMILES string of the molecule is COC(=O)c1sc2cnccc2c1C. The van der Waals surface area contributed by atoms with Crippen molar-refractivity contribution in [2.45, 2.75) is 6.92 Å². The number of rotatable bonds is 1. The van der Waals surface area contributed by atoms with Gasteiger partial charge in [0.25, 0.3) is 0 Å². The van der Waals surface area contributed by atoms with Gasteiger partial charge in [0, 0.05) is 12.4 Å². The minimum atomic E-state index is -0.274. The quantitative estimate of drug-likeness (QED) is 0.674. The summed E-state index contributed by atoms with van der Waals surface area (Å²) in [6, 6.07) is 1.91. The van der Waals surface area contributed by atoms with E-state index in [0.717, 1.165) is 15.6 Å². The number of nitrogens with zero attached hydrogens (tertiary/aromatic N) is 1. The maximum atomic E-state index is 11.4. The van der Waals surface area contributed by atoms with Crippen LogP contribution in [0, 0.1) is 6.92 Å². The van der Waals surface area contributed by atoms with Gasteiger partial charge in [-0.25, -0.2) is 4.79 Å². The number of pyridine rings is 1. The van der Waals surface area contributed by atoms with Crippen molar-refractivity contribution in [3.8, 4) is 0 Å². The molecule has 0 bridgehead atoms. The molecule has 0 spiro atoms. The highest BCUT2D eigenvalue weighted by atomic mass is 32.1. The van der Waals surface area contributed by atoms with Crippen molar-refractivity contribution in [3.63, 3.8) is 0 Å². The lowest BCUT2D eigenvalue weighted by atomic mass is 10.2. The minimum absolute atomic E-state index is 0.274. The first kappa shape index (κ1) is 9.15. The summed E-state index contributed by atoms with van der Waals surface area (Å²) in [5.41, 5.74) is 0.972. The molecule has 0 aliphatic heterocycles. The molecular weight excluding hydrogens is 198 g/mol. The van der Waals surface area contributed by atoms with Crippen LogP contribution in [0.5, 0.6) is 0 Å². The fraction of sp³-hybridized carbons (Fsp3) is 0.200. The van der Waals surface area contributed by atoms with Crippen molar-refractivity contribution in [1.82, 2.24) is 4.98 Å². The fourth-order valence-corrected chi connectivity index (χ4v) is 2.46. The van der Waals surface area contributed by atoms with Gasteiger partial charge in [0.05, 0.1) is 11.8 Å². The Labute approximate surface area is 85.3 Å². The number of esters is 1. The van der Waals surface area contributed by atoms with Gasteiger partial charge in [-0.15, -0.1) is 11.3 Å². The van der Waals surface area contributed by atoms with Crippen LogP contribution in [0.25, 0.3) is 10.1 Å². The van der Waals surface area contributed by atoms with Gasteiger partial charge in [0.15, 0.2) is 0 Å². The molecule has 4 heteroatoms. The first-order valence-corrected chi connectivity index (χ1v) is 4.97. The topological polar surface area (TPSA) is 39.2 Å². The Balaban J connectivity index is 2.68. The van der Waals surface area contributed by atoms with Crippen molar-refractivity contribution in [1.29, 1.82) is 0 Å². The van der Waals surface area contributed by atoms with Crippen LogP contribution in [0.15, 0.2) is 18.5 Å². The summed E-state index contributed by atoms with van der Waals surface area (Å²) >= 11 is 1.42. The average molecular weight is 207 g/mol. The lowest BCUT2D eigenvalue weighted by molar-refractivity contribution is 0.0605. The Morgan fingerprint density at radius 2 is 2.36 bits per heavy atom. The standard InChI is InChI=1S/C10H9NO2S/c1-6-7-3-4-11-5-8(7)14-9(6)10(12)13-2/h3-5H,1-2H3. The van der Waals surface area contributed by atoms with E-state index in [4.69, 9.17) is 4.74 Å². The predicted molar refractivity (Wildman–Crippen MR) is 55.7 cm³/mol. The predicted octanol–water partition coefficient (Wildman–Crippen LogP) is 2.39. The molecule has 0 atom stereocenters. The molecule has 0 fully saturated rings. The van der Waals surface area contributed by atoms with E-state index in [0.29, 0.717) is 4.88 Å². The molecule has 2 heterocycles. The molecule has 14 heavy (non-hydrogen) atoms. The normalized spacial score (nSPS) is 10.4. The van der Waals surface area contributed by atoms with Crippen LogP contribution in [0.1, 0.15) is 15.2 Å². The molecular formula is C10H9NO2S. The molecule has 0 aliphatic carbocycles. The van der Waals surface area contributed by atoms with E-state index in [1.165, 1.54) is 18.4 Å². The van der Waals surface area contributed by atoms with E-state index in [-0.39, 0.29) is 5.97 Å². The van der Waals surface area contributed by atoms with Crippen LogP contribution in [0.2, 0.25) is 0 Å². The summed E-state index contributed by atoms with van der Waals surface area (Å²) in [4.78, 5) is 16.0. The second-order valence-electron chi connectivity index (χ2n) is 2.92. The number of aryl methyl sites for hydroxylation is 1. The maximum absolute atomic E-state index is 11.4. The number of methoxy groups -OCH3 is 1. The largest absolute Gasteiger partial charge is 0.465 e. The zero-order chi connectivity index (χ0) is 10.1. The lowest BCUT2D eigenvalue weighted by Gasteiger charge is -1.95. The molecule has 2 rings (SSSR count). The Bertz CT molecular complexity index is 490. The molecule has 3 nitrogen and oxygen atoms in total. The number of aromatic nitrogens is 1. The van der Waals surface area contributed by atoms with Crippen LogP contribution in [0.3, 0.4) is 0 Å². The minimum Gasteiger partial charge on any atom is -0.465 e. The van der Waals surface area contributed by atoms with Gasteiger partial charge in [-0.3, -0.25) is 4.98 Å². The molecule has 0 radical (unpaired) electrons. The molecule has 0 unspecified atom stereocenters.